The van der Waals surface area contributed by atoms with Gasteiger partial charge in [-0.15, -0.1) is 0 Å². The molecule has 0 aliphatic rings. The molecule has 0 atom stereocenters. The van der Waals surface area contributed by atoms with Gasteiger partial charge < -0.3 is 9.64 Å². The van der Waals surface area contributed by atoms with Crippen molar-refractivity contribution in [3.8, 4) is 0 Å². The van der Waals surface area contributed by atoms with Gasteiger partial charge in [0.2, 0.25) is 0 Å². The second kappa shape index (κ2) is 7.98. The lowest BCUT2D eigenvalue weighted by Gasteiger charge is -2.22. The predicted molar refractivity (Wildman–Crippen MR) is 106 cm³/mol. The van der Waals surface area contributed by atoms with Crippen molar-refractivity contribution >= 4 is 34.5 Å². The van der Waals surface area contributed by atoms with Gasteiger partial charge >= 0.3 is 5.97 Å². The van der Waals surface area contributed by atoms with E-state index in [0.29, 0.717) is 33.0 Å². The lowest BCUT2D eigenvalue weighted by Crippen LogP contribution is -2.36. The first-order valence-electron chi connectivity index (χ1n) is 8.71. The molecule has 8 heteroatoms. The molecule has 1 amide bonds. The van der Waals surface area contributed by atoms with Crippen molar-refractivity contribution in [2.24, 2.45) is 7.05 Å². The molecule has 0 aliphatic carbocycles. The average Bonchev–Trinajstić information content (AvgIpc) is 2.95. The number of esters is 1. The summed E-state index contributed by atoms with van der Waals surface area (Å²) in [6.45, 7) is 3.73. The van der Waals surface area contributed by atoms with Gasteiger partial charge in [0.1, 0.15) is 6.54 Å². The van der Waals surface area contributed by atoms with Gasteiger partial charge in [-0.2, -0.15) is 5.10 Å². The van der Waals surface area contributed by atoms with Gasteiger partial charge in [0.15, 0.2) is 5.65 Å². The van der Waals surface area contributed by atoms with E-state index in [-0.39, 0.29) is 19.0 Å². The largest absolute Gasteiger partial charge is 0.468 e. The molecule has 7 nitrogen and oxygen atoms in total. The van der Waals surface area contributed by atoms with Crippen LogP contribution in [0.2, 0.25) is 5.02 Å². The van der Waals surface area contributed by atoms with Crippen LogP contribution in [0.15, 0.2) is 30.3 Å². The van der Waals surface area contributed by atoms with Crippen LogP contribution in [0.5, 0.6) is 0 Å². The van der Waals surface area contributed by atoms with Gasteiger partial charge in [-0.3, -0.25) is 14.3 Å². The number of hydrogen-bond donors (Lipinski definition) is 0. The SMILES string of the molecule is COC(=O)CN(Cc1ccc(Cl)cc1)C(=O)c1cc(C)nc2c1c(C)nn2C. The molecule has 2 aromatic heterocycles. The molecule has 0 unspecified atom stereocenters. The Kier molecular flexibility index (Phi) is 5.65. The molecule has 2 heterocycles. The number of carbonyl (C=O) groups is 2. The van der Waals surface area contributed by atoms with Gasteiger partial charge in [0, 0.05) is 24.3 Å². The molecule has 0 spiro atoms. The molecule has 0 saturated carbocycles. The first-order chi connectivity index (χ1) is 13.3. The number of nitrogens with zero attached hydrogens (tertiary/aromatic N) is 4. The summed E-state index contributed by atoms with van der Waals surface area (Å²) in [6, 6.07) is 8.87. The van der Waals surface area contributed by atoms with E-state index in [1.54, 1.807) is 29.9 Å². The minimum Gasteiger partial charge on any atom is -0.468 e. The average molecular weight is 401 g/mol. The Labute approximate surface area is 167 Å². The molecule has 0 aliphatic heterocycles. The molecule has 0 radical (unpaired) electrons. The third-order valence-corrected chi connectivity index (χ3v) is 4.70. The number of benzene rings is 1. The van der Waals surface area contributed by atoms with Gasteiger partial charge in [-0.1, -0.05) is 23.7 Å². The molecule has 0 bridgehead atoms. The maximum Gasteiger partial charge on any atom is 0.325 e. The second-order valence-corrected chi connectivity index (χ2v) is 7.02. The quantitative estimate of drug-likeness (QED) is 0.615. The number of methoxy groups -OCH3 is 1. The van der Waals surface area contributed by atoms with Crippen LogP contribution in [0.1, 0.15) is 27.3 Å². The number of rotatable bonds is 5. The highest BCUT2D eigenvalue weighted by atomic mass is 35.5. The zero-order valence-corrected chi connectivity index (χ0v) is 16.9. The van der Waals surface area contributed by atoms with E-state index < -0.39 is 5.97 Å². The highest BCUT2D eigenvalue weighted by Gasteiger charge is 2.24. The highest BCUT2D eigenvalue weighted by Crippen LogP contribution is 2.24. The zero-order chi connectivity index (χ0) is 20.4. The number of amides is 1. The van der Waals surface area contributed by atoms with Crippen LogP contribution in [0.4, 0.5) is 0 Å². The number of pyridine rings is 1. The molecular weight excluding hydrogens is 380 g/mol. The van der Waals surface area contributed by atoms with Crippen molar-refractivity contribution in [3.63, 3.8) is 0 Å². The molecular formula is C20H21ClN4O3. The predicted octanol–water partition coefficient (Wildman–Crippen LogP) is 3.05. The molecule has 0 fully saturated rings. The Balaban J connectivity index is 2.04. The molecule has 1 aromatic carbocycles. The highest BCUT2D eigenvalue weighted by molar-refractivity contribution is 6.30. The van der Waals surface area contributed by atoms with E-state index in [4.69, 9.17) is 16.3 Å². The number of halogens is 1. The van der Waals surface area contributed by atoms with Crippen molar-refractivity contribution in [1.29, 1.82) is 0 Å². The lowest BCUT2D eigenvalue weighted by atomic mass is 10.1. The fourth-order valence-electron chi connectivity index (χ4n) is 3.14. The van der Waals surface area contributed by atoms with Crippen molar-refractivity contribution < 1.29 is 14.3 Å². The van der Waals surface area contributed by atoms with Crippen molar-refractivity contribution in [2.75, 3.05) is 13.7 Å². The van der Waals surface area contributed by atoms with Crippen LogP contribution in [0.3, 0.4) is 0 Å². The van der Waals surface area contributed by atoms with Crippen LogP contribution in [-0.2, 0) is 23.1 Å². The van der Waals surface area contributed by atoms with Crippen molar-refractivity contribution in [3.05, 3.63) is 57.9 Å². The minimum absolute atomic E-state index is 0.167. The summed E-state index contributed by atoms with van der Waals surface area (Å²) in [7, 11) is 3.09. The molecule has 146 valence electrons. The molecule has 28 heavy (non-hydrogen) atoms. The maximum absolute atomic E-state index is 13.4. The van der Waals surface area contributed by atoms with E-state index in [0.717, 1.165) is 5.56 Å². The summed E-state index contributed by atoms with van der Waals surface area (Å²) in [5.41, 5.74) is 3.35. The van der Waals surface area contributed by atoms with Gasteiger partial charge in [0.05, 0.1) is 23.8 Å². The third kappa shape index (κ3) is 3.99. The summed E-state index contributed by atoms with van der Waals surface area (Å²) >= 11 is 5.95. The van der Waals surface area contributed by atoms with E-state index in [9.17, 15) is 9.59 Å². The summed E-state index contributed by atoms with van der Waals surface area (Å²) in [6.07, 6.45) is 0. The number of aromatic nitrogens is 3. The topological polar surface area (TPSA) is 77.3 Å². The van der Waals surface area contributed by atoms with Gasteiger partial charge in [-0.05, 0) is 37.6 Å². The first kappa shape index (κ1) is 19.8. The van der Waals surface area contributed by atoms with E-state index in [2.05, 4.69) is 10.1 Å². The Morgan fingerprint density at radius 1 is 1.21 bits per heavy atom. The first-order valence-corrected chi connectivity index (χ1v) is 9.09. The number of carbonyl (C=O) groups excluding carboxylic acids is 2. The van der Waals surface area contributed by atoms with Crippen LogP contribution < -0.4 is 0 Å². The normalized spacial score (nSPS) is 10.9. The maximum atomic E-state index is 13.4. The molecule has 0 N–H and O–H groups in total. The van der Waals surface area contributed by atoms with Gasteiger partial charge in [0.25, 0.3) is 5.91 Å². The number of aryl methyl sites for hydroxylation is 3. The summed E-state index contributed by atoms with van der Waals surface area (Å²) < 4.78 is 6.43. The fraction of sp³-hybridized carbons (Fsp3) is 0.300. The van der Waals surface area contributed by atoms with Crippen LogP contribution in [-0.4, -0.2) is 45.2 Å². The van der Waals surface area contributed by atoms with Gasteiger partial charge in [-0.25, -0.2) is 4.98 Å². The van der Waals surface area contributed by atoms with E-state index >= 15 is 0 Å². The minimum atomic E-state index is -0.493. The van der Waals surface area contributed by atoms with Crippen LogP contribution in [0.25, 0.3) is 11.0 Å². The molecule has 3 rings (SSSR count). The zero-order valence-electron chi connectivity index (χ0n) is 16.2. The van der Waals surface area contributed by atoms with E-state index in [1.807, 2.05) is 26.0 Å². The lowest BCUT2D eigenvalue weighted by molar-refractivity contribution is -0.141. The number of hydrogen-bond acceptors (Lipinski definition) is 5. The summed E-state index contributed by atoms with van der Waals surface area (Å²) in [4.78, 5) is 31.3. The third-order valence-electron chi connectivity index (χ3n) is 4.45. The smallest absolute Gasteiger partial charge is 0.325 e. The number of fused-ring (bicyclic) bond motifs is 1. The van der Waals surface area contributed by atoms with Crippen LogP contribution in [0, 0.1) is 13.8 Å². The van der Waals surface area contributed by atoms with Crippen molar-refractivity contribution in [2.45, 2.75) is 20.4 Å². The summed E-state index contributed by atoms with van der Waals surface area (Å²) in [5, 5.41) is 5.67. The van der Waals surface area contributed by atoms with E-state index in [1.165, 1.54) is 12.0 Å². The van der Waals surface area contributed by atoms with Crippen molar-refractivity contribution in [1.82, 2.24) is 19.7 Å². The Hall–Kier alpha value is -2.93. The Morgan fingerprint density at radius 2 is 1.89 bits per heavy atom. The van der Waals surface area contributed by atoms with Crippen LogP contribution >= 0.6 is 11.6 Å². The Morgan fingerprint density at radius 3 is 2.54 bits per heavy atom. The summed E-state index contributed by atoms with van der Waals surface area (Å²) in [5.74, 6) is -0.779. The second-order valence-electron chi connectivity index (χ2n) is 6.58. The number of ether oxygens (including phenoxy) is 1. The Bertz CT molecular complexity index is 1040. The monoisotopic (exact) mass is 400 g/mol. The fourth-order valence-corrected chi connectivity index (χ4v) is 3.27. The molecule has 3 aromatic rings. The standard InChI is InChI=1S/C20H21ClN4O3/c1-12-9-16(18-13(2)23-24(3)19(18)22-12)20(27)25(11-17(26)28-4)10-14-5-7-15(21)8-6-14/h5-9H,10-11H2,1-4H3. The molecule has 0 saturated heterocycles.